The van der Waals surface area contributed by atoms with E-state index >= 15 is 0 Å². The zero-order valence-corrected chi connectivity index (χ0v) is 13.2. The highest BCUT2D eigenvalue weighted by Crippen LogP contribution is 2.20. The summed E-state index contributed by atoms with van der Waals surface area (Å²) < 4.78 is 23.4. The lowest BCUT2D eigenvalue weighted by atomic mass is 10.2. The third kappa shape index (κ3) is 4.55. The summed E-state index contributed by atoms with van der Waals surface area (Å²) in [6.07, 6.45) is 2.01. The van der Waals surface area contributed by atoms with Gasteiger partial charge in [-0.05, 0) is 6.42 Å². The summed E-state index contributed by atoms with van der Waals surface area (Å²) in [6.45, 7) is 2.12. The Morgan fingerprint density at radius 3 is 2.65 bits per heavy atom. The number of nitrogens with zero attached hydrogens (tertiary/aromatic N) is 1. The maximum atomic E-state index is 12.1. The van der Waals surface area contributed by atoms with E-state index in [2.05, 4.69) is 5.32 Å². The molecule has 0 saturated carbocycles. The molecule has 2 N–H and O–H groups in total. The molecule has 0 aromatic heterocycles. The van der Waals surface area contributed by atoms with Crippen LogP contribution >= 0.6 is 11.8 Å². The second-order valence-electron chi connectivity index (χ2n) is 4.68. The van der Waals surface area contributed by atoms with Crippen LogP contribution < -0.4 is 5.32 Å². The summed E-state index contributed by atoms with van der Waals surface area (Å²) in [5, 5.41) is 10.5. The smallest absolute Gasteiger partial charge is 0.326 e. The number of rotatable bonds is 5. The van der Waals surface area contributed by atoms with Gasteiger partial charge in [-0.2, -0.15) is 11.8 Å². The van der Waals surface area contributed by atoms with Gasteiger partial charge < -0.3 is 15.3 Å². The van der Waals surface area contributed by atoms with E-state index < -0.39 is 33.3 Å². The Hall–Kier alpha value is -0.960. The lowest BCUT2D eigenvalue weighted by molar-refractivity contribution is -0.139. The van der Waals surface area contributed by atoms with Gasteiger partial charge in [-0.1, -0.05) is 13.3 Å². The Bertz CT molecular complexity index is 465. The molecule has 1 aliphatic heterocycles. The molecule has 0 aliphatic carbocycles. The Kier molecular flexibility index (Phi) is 6.12. The average Bonchev–Trinajstić information content (AvgIpc) is 2.37. The molecule has 1 rings (SSSR count). The number of aliphatic carboxylic acids is 1. The van der Waals surface area contributed by atoms with Crippen molar-refractivity contribution in [3.63, 3.8) is 0 Å². The minimum Gasteiger partial charge on any atom is -0.480 e. The van der Waals surface area contributed by atoms with Crippen molar-refractivity contribution >= 4 is 33.6 Å². The van der Waals surface area contributed by atoms with Crippen LogP contribution in [0, 0.1) is 0 Å². The van der Waals surface area contributed by atoms with Gasteiger partial charge in [0.05, 0.1) is 0 Å². The van der Waals surface area contributed by atoms with Gasteiger partial charge in [0.2, 0.25) is 0 Å². The number of nitrogens with one attached hydrogen (secondary N) is 1. The Morgan fingerprint density at radius 1 is 1.50 bits per heavy atom. The summed E-state index contributed by atoms with van der Waals surface area (Å²) in [7, 11) is -3.39. The minimum absolute atomic E-state index is 0.298. The summed E-state index contributed by atoms with van der Waals surface area (Å²) in [5.74, 6) is -0.148. The molecule has 1 aliphatic rings. The van der Waals surface area contributed by atoms with Crippen molar-refractivity contribution in [1.82, 2.24) is 10.2 Å². The molecule has 0 radical (unpaired) electrons. The van der Waals surface area contributed by atoms with Crippen molar-refractivity contribution in [3.8, 4) is 0 Å². The first kappa shape index (κ1) is 17.1. The molecular formula is C11H20N2O5S2. The molecular weight excluding hydrogens is 304 g/mol. The van der Waals surface area contributed by atoms with Crippen molar-refractivity contribution in [1.29, 1.82) is 0 Å². The SMILES string of the molecule is CCC[C@H](NC(=O)N1CCSCC1S(C)(=O)=O)C(=O)O. The van der Waals surface area contributed by atoms with Gasteiger partial charge in [-0.15, -0.1) is 0 Å². The number of carboxylic acids is 1. The van der Waals surface area contributed by atoms with Crippen molar-refractivity contribution < 1.29 is 23.1 Å². The molecule has 2 atom stereocenters. The van der Waals surface area contributed by atoms with Crippen LogP contribution in [0.25, 0.3) is 0 Å². The van der Waals surface area contributed by atoms with E-state index in [0.717, 1.165) is 6.26 Å². The Labute approximate surface area is 123 Å². The molecule has 0 aromatic carbocycles. The highest BCUT2D eigenvalue weighted by atomic mass is 32.2. The Morgan fingerprint density at radius 2 is 2.15 bits per heavy atom. The molecule has 7 nitrogen and oxygen atoms in total. The van der Waals surface area contributed by atoms with E-state index in [0.29, 0.717) is 30.9 Å². The van der Waals surface area contributed by atoms with Gasteiger partial charge in [0.25, 0.3) is 0 Å². The van der Waals surface area contributed by atoms with E-state index in [1.54, 1.807) is 0 Å². The third-order valence-electron chi connectivity index (χ3n) is 3.01. The minimum atomic E-state index is -3.39. The molecule has 2 amide bonds. The monoisotopic (exact) mass is 324 g/mol. The Balaban J connectivity index is 2.80. The van der Waals surface area contributed by atoms with Gasteiger partial charge in [0, 0.05) is 24.3 Å². The number of hydrogen-bond donors (Lipinski definition) is 2. The molecule has 0 spiro atoms. The molecule has 1 saturated heterocycles. The topological polar surface area (TPSA) is 104 Å². The standard InChI is InChI=1S/C11H20N2O5S2/c1-3-4-8(10(14)15)12-11(16)13-5-6-19-7-9(13)20(2,17)18/h8-9H,3-7H2,1-2H3,(H,12,16)(H,14,15)/t8-,9?/m0/s1. The van der Waals surface area contributed by atoms with Crippen molar-refractivity contribution in [2.75, 3.05) is 24.3 Å². The molecule has 1 heterocycles. The predicted molar refractivity (Wildman–Crippen MR) is 77.5 cm³/mol. The average molecular weight is 324 g/mol. The summed E-state index contributed by atoms with van der Waals surface area (Å²) in [5.41, 5.74) is 0. The number of carbonyl (C=O) groups excluding carboxylic acids is 1. The fourth-order valence-corrected chi connectivity index (χ4v) is 4.76. The molecule has 0 aromatic rings. The van der Waals surface area contributed by atoms with Crippen LogP contribution in [0.1, 0.15) is 19.8 Å². The molecule has 20 heavy (non-hydrogen) atoms. The quantitative estimate of drug-likeness (QED) is 0.757. The van der Waals surface area contributed by atoms with Gasteiger partial charge in [-0.25, -0.2) is 18.0 Å². The lowest BCUT2D eigenvalue weighted by Crippen LogP contribution is -2.56. The molecule has 9 heteroatoms. The van der Waals surface area contributed by atoms with Crippen LogP contribution in [0.15, 0.2) is 0 Å². The van der Waals surface area contributed by atoms with Crippen LogP contribution in [0.4, 0.5) is 4.79 Å². The zero-order chi connectivity index (χ0) is 15.3. The molecule has 1 unspecified atom stereocenters. The highest BCUT2D eigenvalue weighted by Gasteiger charge is 2.35. The summed E-state index contributed by atoms with van der Waals surface area (Å²) in [6, 6.07) is -1.61. The van der Waals surface area contributed by atoms with Gasteiger partial charge in [0.1, 0.15) is 11.4 Å². The fraction of sp³-hybridized carbons (Fsp3) is 0.818. The maximum Gasteiger partial charge on any atom is 0.326 e. The number of thioether (sulfide) groups is 1. The second kappa shape index (κ2) is 7.16. The van der Waals surface area contributed by atoms with Crippen LogP contribution in [-0.4, -0.2) is 66.1 Å². The first-order valence-corrected chi connectivity index (χ1v) is 9.44. The van der Waals surface area contributed by atoms with E-state index in [4.69, 9.17) is 5.11 Å². The summed E-state index contributed by atoms with van der Waals surface area (Å²) >= 11 is 1.47. The zero-order valence-electron chi connectivity index (χ0n) is 11.5. The van der Waals surface area contributed by atoms with E-state index in [-0.39, 0.29) is 0 Å². The molecule has 0 bridgehead atoms. The normalized spacial score (nSPS) is 21.3. The number of carbonyl (C=O) groups is 2. The van der Waals surface area contributed by atoms with Gasteiger partial charge in [-0.3, -0.25) is 0 Å². The van der Waals surface area contributed by atoms with Crippen LogP contribution in [0.5, 0.6) is 0 Å². The van der Waals surface area contributed by atoms with Crippen molar-refractivity contribution in [2.45, 2.75) is 31.2 Å². The first-order valence-electron chi connectivity index (χ1n) is 6.34. The third-order valence-corrected chi connectivity index (χ3v) is 5.66. The van der Waals surface area contributed by atoms with E-state index in [1.807, 2.05) is 6.92 Å². The number of sulfone groups is 1. The van der Waals surface area contributed by atoms with E-state index in [1.165, 1.54) is 16.7 Å². The molecule has 116 valence electrons. The summed E-state index contributed by atoms with van der Waals surface area (Å²) in [4.78, 5) is 24.4. The van der Waals surface area contributed by atoms with Gasteiger partial charge in [0.15, 0.2) is 9.84 Å². The fourth-order valence-electron chi connectivity index (χ4n) is 1.95. The molecule has 1 fully saturated rings. The predicted octanol–water partition coefficient (Wildman–Crippen LogP) is 0.369. The number of carboxylic acid groups (broad SMARTS) is 1. The van der Waals surface area contributed by atoms with Crippen LogP contribution in [0.2, 0.25) is 0 Å². The number of hydrogen-bond acceptors (Lipinski definition) is 5. The van der Waals surface area contributed by atoms with Crippen molar-refractivity contribution in [2.24, 2.45) is 0 Å². The van der Waals surface area contributed by atoms with Crippen molar-refractivity contribution in [3.05, 3.63) is 0 Å². The first-order chi connectivity index (χ1) is 9.27. The second-order valence-corrected chi connectivity index (χ2v) is 8.03. The van der Waals surface area contributed by atoms with Gasteiger partial charge >= 0.3 is 12.0 Å². The van der Waals surface area contributed by atoms with Crippen LogP contribution in [0.3, 0.4) is 0 Å². The van der Waals surface area contributed by atoms with E-state index in [9.17, 15) is 18.0 Å². The highest BCUT2D eigenvalue weighted by molar-refractivity contribution is 8.00. The lowest BCUT2D eigenvalue weighted by Gasteiger charge is -2.34. The number of urea groups is 1. The maximum absolute atomic E-state index is 12.1. The largest absolute Gasteiger partial charge is 0.480 e. The number of amides is 2. The van der Waals surface area contributed by atoms with Crippen LogP contribution in [-0.2, 0) is 14.6 Å².